The minimum absolute atomic E-state index is 1.19. The number of benzene rings is 2. The van der Waals surface area contributed by atoms with Gasteiger partial charge in [0, 0.05) is 9.52 Å². The van der Waals surface area contributed by atoms with Gasteiger partial charge in [0.25, 0.3) is 0 Å². The summed E-state index contributed by atoms with van der Waals surface area (Å²) in [7, 11) is -0.0975. The lowest BCUT2D eigenvalue weighted by atomic mass is 10.4. The predicted octanol–water partition coefficient (Wildman–Crippen LogP) is 1.88. The summed E-state index contributed by atoms with van der Waals surface area (Å²) in [4.78, 5) is 0. The molecule has 1 heterocycles. The van der Waals surface area contributed by atoms with Gasteiger partial charge in [-0.3, -0.25) is 0 Å². The van der Waals surface area contributed by atoms with Crippen LogP contribution in [-0.2, 0) is 0 Å². The van der Waals surface area contributed by atoms with Crippen molar-refractivity contribution >= 4 is 28.0 Å². The quantitative estimate of drug-likeness (QED) is 0.701. The second-order valence-electron chi connectivity index (χ2n) is 4.42. The van der Waals surface area contributed by atoms with Crippen molar-refractivity contribution in [3.05, 3.63) is 60.7 Å². The first kappa shape index (κ1) is 10.1. The summed E-state index contributed by atoms with van der Waals surface area (Å²) >= 11 is 0. The van der Waals surface area contributed by atoms with Crippen LogP contribution in [0.25, 0.3) is 0 Å². The molecule has 0 saturated carbocycles. The van der Waals surface area contributed by atoms with Gasteiger partial charge in [0.05, 0.1) is 0 Å². The van der Waals surface area contributed by atoms with E-state index in [1.807, 2.05) is 0 Å². The first-order valence-electron chi connectivity index (χ1n) is 5.74. The Balaban J connectivity index is 2.08. The molecule has 0 unspecified atom stereocenters. The second kappa shape index (κ2) is 4.03. The van der Waals surface area contributed by atoms with Gasteiger partial charge in [-0.05, 0) is 0 Å². The molecular formula is C14H14Si2. The molecule has 78 valence electrons. The molecule has 0 aliphatic carbocycles. The van der Waals surface area contributed by atoms with Crippen LogP contribution in [0.15, 0.2) is 60.7 Å². The molecule has 0 atom stereocenters. The Morgan fingerprint density at radius 1 is 0.688 bits per heavy atom. The highest BCUT2D eigenvalue weighted by Crippen LogP contribution is 2.24. The van der Waals surface area contributed by atoms with Crippen molar-refractivity contribution in [2.75, 3.05) is 0 Å². The van der Waals surface area contributed by atoms with E-state index in [4.69, 9.17) is 0 Å². The molecule has 1 fully saturated rings. The van der Waals surface area contributed by atoms with Gasteiger partial charge in [-0.15, -0.1) is 0 Å². The van der Waals surface area contributed by atoms with Gasteiger partial charge in [0.15, 0.2) is 0 Å². The van der Waals surface area contributed by atoms with Gasteiger partial charge in [-0.1, -0.05) is 82.4 Å². The van der Waals surface area contributed by atoms with Crippen molar-refractivity contribution in [3.8, 4) is 0 Å². The van der Waals surface area contributed by atoms with E-state index in [0.29, 0.717) is 0 Å². The van der Waals surface area contributed by atoms with Crippen LogP contribution in [-0.4, -0.2) is 17.6 Å². The highest BCUT2D eigenvalue weighted by Gasteiger charge is 2.42. The zero-order valence-corrected chi connectivity index (χ0v) is 11.2. The Labute approximate surface area is 100 Å². The lowest BCUT2D eigenvalue weighted by Crippen LogP contribution is -2.65. The maximum atomic E-state index is 2.34. The Hall–Kier alpha value is -1.13. The van der Waals surface area contributed by atoms with Crippen LogP contribution < -0.4 is 10.4 Å². The summed E-state index contributed by atoms with van der Waals surface area (Å²) in [6.45, 7) is 0. The van der Waals surface area contributed by atoms with Crippen LogP contribution in [0.3, 0.4) is 0 Å². The molecular weight excluding hydrogens is 224 g/mol. The molecule has 1 aliphatic heterocycles. The molecule has 1 aliphatic rings. The smallest absolute Gasteiger partial charge is 0.0626 e. The molecule has 0 amide bonds. The third-order valence-electron chi connectivity index (χ3n) is 3.51. The topological polar surface area (TPSA) is 0 Å². The van der Waals surface area contributed by atoms with Crippen LogP contribution in [0, 0.1) is 0 Å². The summed E-state index contributed by atoms with van der Waals surface area (Å²) in [5.41, 5.74) is 2.92. The van der Waals surface area contributed by atoms with Gasteiger partial charge in [-0.2, -0.15) is 0 Å². The van der Waals surface area contributed by atoms with E-state index in [-0.39, 0.29) is 0 Å². The SMILES string of the molecule is c1ccc([Si]2(c3ccccc3)C[Si]C2)cc1. The van der Waals surface area contributed by atoms with Crippen molar-refractivity contribution in [2.45, 2.75) is 11.3 Å². The van der Waals surface area contributed by atoms with Gasteiger partial charge in [0.2, 0.25) is 0 Å². The number of hydrogen-bond donors (Lipinski definition) is 0. The van der Waals surface area contributed by atoms with Gasteiger partial charge in [0.1, 0.15) is 8.07 Å². The molecule has 0 spiro atoms. The monoisotopic (exact) mass is 238 g/mol. The minimum Gasteiger partial charge on any atom is -0.0626 e. The molecule has 2 heteroatoms. The van der Waals surface area contributed by atoms with Crippen LogP contribution in [0.2, 0.25) is 11.3 Å². The molecule has 2 aromatic carbocycles. The van der Waals surface area contributed by atoms with E-state index in [1.54, 1.807) is 10.4 Å². The predicted molar refractivity (Wildman–Crippen MR) is 73.3 cm³/mol. The van der Waals surface area contributed by atoms with Crippen LogP contribution in [0.5, 0.6) is 0 Å². The fourth-order valence-corrected chi connectivity index (χ4v) is 10.7. The van der Waals surface area contributed by atoms with E-state index in [2.05, 4.69) is 60.7 Å². The summed E-state index contributed by atoms with van der Waals surface area (Å²) in [5, 5.41) is 3.25. The largest absolute Gasteiger partial charge is 0.112 e. The fourth-order valence-electron chi connectivity index (χ4n) is 2.46. The zero-order valence-electron chi connectivity index (χ0n) is 9.19. The molecule has 3 rings (SSSR count). The van der Waals surface area contributed by atoms with Crippen LogP contribution in [0.4, 0.5) is 0 Å². The van der Waals surface area contributed by atoms with Crippen molar-refractivity contribution < 1.29 is 0 Å². The Kier molecular flexibility index (Phi) is 2.54. The van der Waals surface area contributed by atoms with E-state index in [9.17, 15) is 0 Å². The molecule has 2 aromatic rings. The average Bonchev–Trinajstić information content (AvgIpc) is 2.31. The summed E-state index contributed by atoms with van der Waals surface area (Å²) < 4.78 is 0. The van der Waals surface area contributed by atoms with E-state index >= 15 is 0 Å². The van der Waals surface area contributed by atoms with E-state index in [0.717, 1.165) is 0 Å². The van der Waals surface area contributed by atoms with E-state index < -0.39 is 8.07 Å². The fraction of sp³-hybridized carbons (Fsp3) is 0.143. The number of hydrogen-bond acceptors (Lipinski definition) is 0. The van der Waals surface area contributed by atoms with Gasteiger partial charge < -0.3 is 0 Å². The second-order valence-corrected chi connectivity index (χ2v) is 11.1. The minimum atomic E-state index is -1.28. The molecule has 1 saturated heterocycles. The Morgan fingerprint density at radius 2 is 1.12 bits per heavy atom. The molecule has 16 heavy (non-hydrogen) atoms. The Bertz CT molecular complexity index is 419. The maximum Gasteiger partial charge on any atom is 0.112 e. The highest BCUT2D eigenvalue weighted by molar-refractivity contribution is 7.15. The van der Waals surface area contributed by atoms with Gasteiger partial charge >= 0.3 is 0 Å². The first-order chi connectivity index (χ1) is 7.92. The third kappa shape index (κ3) is 1.49. The van der Waals surface area contributed by atoms with Crippen LogP contribution >= 0.6 is 0 Å². The summed E-state index contributed by atoms with van der Waals surface area (Å²) in [6.07, 6.45) is 0. The zero-order chi connectivity index (χ0) is 10.8. The Morgan fingerprint density at radius 3 is 1.44 bits per heavy atom. The van der Waals surface area contributed by atoms with Crippen LogP contribution in [0.1, 0.15) is 0 Å². The first-order valence-corrected chi connectivity index (χ1v) is 9.56. The summed E-state index contributed by atoms with van der Waals surface area (Å²) in [5.74, 6) is 0. The maximum absolute atomic E-state index is 2.34. The number of rotatable bonds is 2. The molecule has 2 radical (unpaired) electrons. The normalized spacial score (nSPS) is 17.8. The lowest BCUT2D eigenvalue weighted by molar-refractivity contribution is 1.52. The molecule has 0 nitrogen and oxygen atoms in total. The van der Waals surface area contributed by atoms with Crippen molar-refractivity contribution in [1.82, 2.24) is 0 Å². The molecule has 0 bridgehead atoms. The third-order valence-corrected chi connectivity index (χ3v) is 13.2. The van der Waals surface area contributed by atoms with E-state index in [1.165, 1.54) is 20.9 Å². The molecule has 0 aromatic heterocycles. The summed E-state index contributed by atoms with van der Waals surface area (Å²) in [6, 6.07) is 22.3. The highest BCUT2D eigenvalue weighted by atomic mass is 28.4. The molecule has 0 N–H and O–H groups in total. The van der Waals surface area contributed by atoms with Crippen molar-refractivity contribution in [2.24, 2.45) is 0 Å². The van der Waals surface area contributed by atoms with Crippen molar-refractivity contribution in [3.63, 3.8) is 0 Å². The van der Waals surface area contributed by atoms with Gasteiger partial charge in [-0.25, -0.2) is 0 Å². The van der Waals surface area contributed by atoms with Crippen molar-refractivity contribution in [1.29, 1.82) is 0 Å². The average molecular weight is 238 g/mol. The lowest BCUT2D eigenvalue weighted by Gasteiger charge is -2.40. The standard InChI is InChI=1S/C14H14Si2/c1-3-7-13(8-4-1)16(11-15-12-16)14-9-5-2-6-10-14/h1-10H,11-12H2.